The van der Waals surface area contributed by atoms with Crippen LogP contribution in [-0.4, -0.2) is 46.7 Å². The first-order valence-corrected chi connectivity index (χ1v) is 10.5. The van der Waals surface area contributed by atoms with E-state index >= 15 is 0 Å². The van der Waals surface area contributed by atoms with Gasteiger partial charge in [0, 0.05) is 31.3 Å². The maximum Gasteiger partial charge on any atom is 0.258 e. The quantitative estimate of drug-likeness (QED) is 0.779. The van der Waals surface area contributed by atoms with Gasteiger partial charge >= 0.3 is 0 Å². The number of hydrogen-bond acceptors (Lipinski definition) is 4. The van der Waals surface area contributed by atoms with Gasteiger partial charge in [0.05, 0.1) is 11.7 Å². The summed E-state index contributed by atoms with van der Waals surface area (Å²) in [6.45, 7) is 3.47. The molecule has 28 heavy (non-hydrogen) atoms. The number of rotatable bonds is 1. The number of hydrogen-bond donors (Lipinski definition) is 2. The van der Waals surface area contributed by atoms with Crippen LogP contribution in [0.4, 0.5) is 0 Å². The van der Waals surface area contributed by atoms with Gasteiger partial charge in [-0.05, 0) is 49.7 Å². The second-order valence-electron chi connectivity index (χ2n) is 9.35. The van der Waals surface area contributed by atoms with Crippen LogP contribution < -0.4 is 10.1 Å². The minimum Gasteiger partial charge on any atom is -0.467 e. The van der Waals surface area contributed by atoms with Crippen molar-refractivity contribution in [3.8, 4) is 5.75 Å². The van der Waals surface area contributed by atoms with Crippen LogP contribution >= 0.6 is 0 Å². The number of piperidine rings is 1. The van der Waals surface area contributed by atoms with Crippen molar-refractivity contribution < 1.29 is 19.4 Å². The van der Waals surface area contributed by atoms with Gasteiger partial charge in [-0.1, -0.05) is 19.1 Å². The van der Waals surface area contributed by atoms with Crippen molar-refractivity contribution in [1.29, 1.82) is 0 Å². The molecule has 6 nitrogen and oxygen atoms in total. The van der Waals surface area contributed by atoms with Crippen molar-refractivity contribution in [2.45, 2.75) is 57.3 Å². The number of carbonyl (C=O) groups is 2. The molecule has 1 aromatic rings. The van der Waals surface area contributed by atoms with Gasteiger partial charge in [-0.3, -0.25) is 9.59 Å². The Bertz CT molecular complexity index is 819. The fraction of sp³-hybridized carbons (Fsp3) is 0.636. The largest absolute Gasteiger partial charge is 0.467 e. The monoisotopic (exact) mass is 384 g/mol. The number of carbonyl (C=O) groups excluding carboxylic acids is 2. The van der Waals surface area contributed by atoms with E-state index in [2.05, 4.69) is 12.2 Å². The summed E-state index contributed by atoms with van der Waals surface area (Å²) in [6, 6.07) is 7.39. The number of nitrogens with zero attached hydrogens (tertiary/aromatic N) is 1. The van der Waals surface area contributed by atoms with Crippen LogP contribution in [0.1, 0.15) is 55.8 Å². The molecule has 6 heteroatoms. The SMILES string of the molecule is C[C@@]12CC[C@H](C[C@@H]1C(=O)N1CCC(O)CC1)[C@@]1(C2)NC(=O)c2ccccc2O1. The Morgan fingerprint density at radius 2 is 2.00 bits per heavy atom. The minimum absolute atomic E-state index is 0.0372. The normalized spacial score (nSPS) is 37.4. The fourth-order valence-corrected chi connectivity index (χ4v) is 5.94. The third kappa shape index (κ3) is 2.65. The average Bonchev–Trinajstić information content (AvgIpc) is 2.67. The summed E-state index contributed by atoms with van der Waals surface area (Å²) in [5.41, 5.74) is -0.311. The van der Waals surface area contributed by atoms with E-state index in [1.165, 1.54) is 0 Å². The highest BCUT2D eigenvalue weighted by Gasteiger charge is 2.62. The highest BCUT2D eigenvalue weighted by atomic mass is 16.5. The second kappa shape index (κ2) is 6.21. The first kappa shape index (κ1) is 18.0. The molecule has 2 aliphatic heterocycles. The Morgan fingerprint density at radius 3 is 2.75 bits per heavy atom. The lowest BCUT2D eigenvalue weighted by Gasteiger charge is -2.60. The van der Waals surface area contributed by atoms with Gasteiger partial charge in [0.2, 0.25) is 5.91 Å². The van der Waals surface area contributed by atoms with E-state index in [4.69, 9.17) is 4.74 Å². The number of aliphatic hydroxyl groups is 1. The molecule has 4 atom stereocenters. The van der Waals surface area contributed by atoms with E-state index in [0.29, 0.717) is 43.7 Å². The summed E-state index contributed by atoms with van der Waals surface area (Å²) in [6.07, 6.45) is 4.40. The Balaban J connectivity index is 1.40. The zero-order valence-corrected chi connectivity index (χ0v) is 16.3. The zero-order chi connectivity index (χ0) is 19.5. The number of aliphatic hydroxyl groups excluding tert-OH is 1. The Morgan fingerprint density at radius 1 is 1.25 bits per heavy atom. The van der Waals surface area contributed by atoms with Gasteiger partial charge < -0.3 is 20.1 Å². The molecule has 2 N–H and O–H groups in total. The molecular weight excluding hydrogens is 356 g/mol. The Labute approximate surface area is 165 Å². The highest BCUT2D eigenvalue weighted by molar-refractivity contribution is 5.98. The van der Waals surface area contributed by atoms with Crippen molar-refractivity contribution in [2.24, 2.45) is 17.3 Å². The van der Waals surface area contributed by atoms with Crippen LogP contribution in [0.5, 0.6) is 5.75 Å². The topological polar surface area (TPSA) is 78.9 Å². The van der Waals surface area contributed by atoms with Gasteiger partial charge in [0.1, 0.15) is 5.75 Å². The molecule has 1 aromatic carbocycles. The lowest BCUT2D eigenvalue weighted by Crippen LogP contribution is -2.69. The molecule has 2 heterocycles. The molecule has 4 fully saturated rings. The summed E-state index contributed by atoms with van der Waals surface area (Å²) in [5, 5.41) is 12.9. The van der Waals surface area contributed by atoms with E-state index < -0.39 is 5.72 Å². The molecular formula is C22H28N2O4. The number of ether oxygens (including phenoxy) is 1. The predicted molar refractivity (Wildman–Crippen MR) is 103 cm³/mol. The number of amides is 2. The average molecular weight is 384 g/mol. The minimum atomic E-state index is -0.701. The molecule has 0 aromatic heterocycles. The van der Waals surface area contributed by atoms with Crippen molar-refractivity contribution >= 4 is 11.8 Å². The van der Waals surface area contributed by atoms with E-state index in [-0.39, 0.29) is 35.2 Å². The smallest absolute Gasteiger partial charge is 0.258 e. The van der Waals surface area contributed by atoms with Gasteiger partial charge in [0.15, 0.2) is 5.72 Å². The van der Waals surface area contributed by atoms with Gasteiger partial charge in [-0.15, -0.1) is 0 Å². The molecule has 0 unspecified atom stereocenters. The van der Waals surface area contributed by atoms with Crippen molar-refractivity contribution in [3.63, 3.8) is 0 Å². The van der Waals surface area contributed by atoms with Crippen molar-refractivity contribution in [1.82, 2.24) is 10.2 Å². The Hall–Kier alpha value is -2.08. The maximum absolute atomic E-state index is 13.3. The van der Waals surface area contributed by atoms with Crippen molar-refractivity contribution in [3.05, 3.63) is 29.8 Å². The first-order chi connectivity index (χ1) is 13.4. The van der Waals surface area contributed by atoms with Crippen LogP contribution in [-0.2, 0) is 4.79 Å². The highest BCUT2D eigenvalue weighted by Crippen LogP contribution is 2.59. The number of para-hydroxylation sites is 1. The molecule has 6 rings (SSSR count). The second-order valence-corrected chi connectivity index (χ2v) is 9.35. The number of benzene rings is 1. The van der Waals surface area contributed by atoms with Crippen LogP contribution in [0.15, 0.2) is 24.3 Å². The summed E-state index contributed by atoms with van der Waals surface area (Å²) in [4.78, 5) is 28.0. The number of nitrogens with one attached hydrogen (secondary N) is 1. The summed E-state index contributed by atoms with van der Waals surface area (Å²) in [5.74, 6) is 0.887. The summed E-state index contributed by atoms with van der Waals surface area (Å²) in [7, 11) is 0. The zero-order valence-electron chi connectivity index (χ0n) is 16.3. The van der Waals surface area contributed by atoms with Crippen LogP contribution in [0.25, 0.3) is 0 Å². The number of fused-ring (bicyclic) bond motifs is 3. The Kier molecular flexibility index (Phi) is 3.99. The molecule has 0 radical (unpaired) electrons. The van der Waals surface area contributed by atoms with Crippen LogP contribution in [0.2, 0.25) is 0 Å². The lowest BCUT2D eigenvalue weighted by molar-refractivity contribution is -0.175. The van der Waals surface area contributed by atoms with E-state index in [1.54, 1.807) is 6.07 Å². The van der Waals surface area contributed by atoms with Crippen molar-refractivity contribution in [2.75, 3.05) is 13.1 Å². The molecule has 1 saturated heterocycles. The number of likely N-dealkylation sites (tertiary alicyclic amines) is 1. The van der Waals surface area contributed by atoms with E-state index in [1.807, 2.05) is 23.1 Å². The third-order valence-electron chi connectivity index (χ3n) is 7.57. The summed E-state index contributed by atoms with van der Waals surface area (Å²) < 4.78 is 6.43. The van der Waals surface area contributed by atoms with Crippen LogP contribution in [0, 0.1) is 17.3 Å². The molecule has 1 spiro atoms. The molecule has 3 saturated carbocycles. The third-order valence-corrected chi connectivity index (χ3v) is 7.57. The molecule has 3 aliphatic carbocycles. The predicted octanol–water partition coefficient (Wildman–Crippen LogP) is 2.31. The standard InChI is InChI=1S/C22H28N2O4/c1-21-9-6-14(12-17(21)20(27)24-10-7-15(25)8-11-24)22(13-21)23-19(26)16-4-2-3-5-18(16)28-22/h2-5,14-15,17,25H,6-13H2,1H3,(H,23,26)/t14-,17-,21+,22+/m1/s1. The van der Waals surface area contributed by atoms with E-state index in [9.17, 15) is 14.7 Å². The fourth-order valence-electron chi connectivity index (χ4n) is 5.94. The summed E-state index contributed by atoms with van der Waals surface area (Å²) >= 11 is 0. The van der Waals surface area contributed by atoms with Crippen LogP contribution in [0.3, 0.4) is 0 Å². The van der Waals surface area contributed by atoms with E-state index in [0.717, 1.165) is 19.3 Å². The van der Waals surface area contributed by atoms with Gasteiger partial charge in [-0.2, -0.15) is 0 Å². The maximum atomic E-state index is 13.3. The molecule has 2 amide bonds. The lowest BCUT2D eigenvalue weighted by atomic mass is 9.52. The molecule has 150 valence electrons. The molecule has 2 bridgehead atoms. The molecule has 5 aliphatic rings. The van der Waals surface area contributed by atoms with Gasteiger partial charge in [-0.25, -0.2) is 0 Å². The van der Waals surface area contributed by atoms with Gasteiger partial charge in [0.25, 0.3) is 5.91 Å². The first-order valence-electron chi connectivity index (χ1n) is 10.5.